The third kappa shape index (κ3) is 6.15. The molecular weight excluding hydrogens is 990 g/mol. The van der Waals surface area contributed by atoms with E-state index in [1.165, 1.54) is 164 Å². The van der Waals surface area contributed by atoms with Crippen molar-refractivity contribution in [3.8, 4) is 17.1 Å². The summed E-state index contributed by atoms with van der Waals surface area (Å²) in [5, 5.41) is 22.1. The molecule has 0 amide bonds. The fraction of sp³-hybridized carbons (Fsp3) is 0. The van der Waals surface area contributed by atoms with Crippen LogP contribution in [0.1, 0.15) is 0 Å². The highest BCUT2D eigenvalue weighted by molar-refractivity contribution is 7.03. The fourth-order valence-corrected chi connectivity index (χ4v) is 15.0. The standard InChI is InChI=1S/C78H48BN3/c1-7-37-61-55(31-1)73(56-32-2-8-38-62(56)76(61)80-67-43-19-13-25-49(67)50-26-14-20-44-68(50)80)79(74-57-33-3-9-39-63(57)77(64-40-10-4-34-58(64)74)81-69-45-21-15-27-51(69)52-28-16-22-46-70(52)81)75-59-35-5-11-41-65(59)78(66-42-12-6-36-60(66)75)82-71-47-23-17-29-53(71)54-30-18-24-48-72(54)82/h1-48H. The molecule has 0 bridgehead atoms. The van der Waals surface area contributed by atoms with E-state index in [1.807, 2.05) is 0 Å². The third-order valence-electron chi connectivity index (χ3n) is 18.1. The molecule has 0 fully saturated rings. The number of benzene rings is 15. The summed E-state index contributed by atoms with van der Waals surface area (Å²) < 4.78 is 7.64. The lowest BCUT2D eigenvalue weighted by molar-refractivity contribution is 1.21. The van der Waals surface area contributed by atoms with Crippen LogP contribution in [-0.4, -0.2) is 20.4 Å². The quantitative estimate of drug-likeness (QED) is 0.116. The molecule has 0 spiro atoms. The average Bonchev–Trinajstić information content (AvgIpc) is 2.09. The minimum Gasteiger partial charge on any atom is -0.308 e. The Bertz CT molecular complexity index is 4840. The van der Waals surface area contributed by atoms with Crippen LogP contribution in [-0.2, 0) is 0 Å². The molecule has 0 saturated carbocycles. The van der Waals surface area contributed by atoms with Gasteiger partial charge in [-0.2, -0.15) is 0 Å². The van der Waals surface area contributed by atoms with Gasteiger partial charge in [-0.25, -0.2) is 0 Å². The lowest BCUT2D eigenvalue weighted by atomic mass is 9.33. The monoisotopic (exact) mass is 1040 g/mol. The van der Waals surface area contributed by atoms with E-state index in [-0.39, 0.29) is 6.71 Å². The maximum Gasteiger partial charge on any atom is 0.246 e. The molecule has 378 valence electrons. The Kier molecular flexibility index (Phi) is 9.60. The average molecular weight is 1040 g/mol. The first-order chi connectivity index (χ1) is 40.8. The maximum absolute atomic E-state index is 2.55. The molecule has 0 saturated heterocycles. The molecule has 82 heavy (non-hydrogen) atoms. The summed E-state index contributed by atoms with van der Waals surface area (Å²) in [4.78, 5) is 0. The molecule has 0 unspecified atom stereocenters. The van der Waals surface area contributed by atoms with Gasteiger partial charge in [0.25, 0.3) is 0 Å². The van der Waals surface area contributed by atoms with Crippen LogP contribution in [0.4, 0.5) is 0 Å². The van der Waals surface area contributed by atoms with E-state index >= 15 is 0 Å². The molecule has 15 aromatic carbocycles. The Balaban J connectivity index is 1.06. The number of hydrogen-bond acceptors (Lipinski definition) is 0. The highest BCUT2D eigenvalue weighted by Crippen LogP contribution is 2.44. The summed E-state index contributed by atoms with van der Waals surface area (Å²) in [5.41, 5.74) is 14.6. The van der Waals surface area contributed by atoms with Crippen LogP contribution in [0.25, 0.3) is 147 Å². The molecule has 0 aliphatic heterocycles. The zero-order valence-electron chi connectivity index (χ0n) is 44.6. The van der Waals surface area contributed by atoms with Crippen molar-refractivity contribution in [2.24, 2.45) is 0 Å². The van der Waals surface area contributed by atoms with Crippen molar-refractivity contribution in [3.05, 3.63) is 291 Å². The van der Waals surface area contributed by atoms with Crippen LogP contribution in [0.15, 0.2) is 291 Å². The van der Waals surface area contributed by atoms with Gasteiger partial charge in [0.2, 0.25) is 6.71 Å². The van der Waals surface area contributed by atoms with Gasteiger partial charge in [0.1, 0.15) is 0 Å². The SMILES string of the molecule is c1ccc2c(-n3c4ccccc4c4ccccc43)c3ccccc3c(B(c3c4ccccc4c(-n4c5ccccc5c5ccccc54)c4ccccc34)c3c4ccccc4c(-n4c5ccccc5c5ccccc54)c4ccccc34)c2c1. The molecule has 3 aromatic heterocycles. The van der Waals surface area contributed by atoms with E-state index in [1.54, 1.807) is 0 Å². The van der Waals surface area contributed by atoms with Gasteiger partial charge < -0.3 is 13.7 Å². The minimum absolute atomic E-state index is 0.314. The van der Waals surface area contributed by atoms with Gasteiger partial charge in [0.15, 0.2) is 0 Å². The van der Waals surface area contributed by atoms with Crippen molar-refractivity contribution in [2.75, 3.05) is 0 Å². The Morgan fingerprint density at radius 2 is 0.280 bits per heavy atom. The molecule has 18 rings (SSSR count). The smallest absolute Gasteiger partial charge is 0.246 e. The summed E-state index contributed by atoms with van der Waals surface area (Å²) in [5.74, 6) is 0. The number of aromatic nitrogens is 3. The van der Waals surface area contributed by atoms with Crippen LogP contribution in [0.3, 0.4) is 0 Å². The Hall–Kier alpha value is -10.7. The minimum atomic E-state index is -0.314. The van der Waals surface area contributed by atoms with Crippen molar-refractivity contribution in [3.63, 3.8) is 0 Å². The zero-order chi connectivity index (χ0) is 53.6. The maximum atomic E-state index is 2.55. The lowest BCUT2D eigenvalue weighted by Gasteiger charge is -2.29. The van der Waals surface area contributed by atoms with E-state index in [2.05, 4.69) is 305 Å². The Labute approximate surface area is 472 Å². The summed E-state index contributed by atoms with van der Waals surface area (Å²) in [6.07, 6.45) is 0. The van der Waals surface area contributed by atoms with E-state index in [0.29, 0.717) is 0 Å². The molecule has 3 heterocycles. The lowest BCUT2D eigenvalue weighted by Crippen LogP contribution is -2.54. The van der Waals surface area contributed by atoms with Crippen molar-refractivity contribution >= 4 is 153 Å². The first kappa shape index (κ1) is 45.2. The van der Waals surface area contributed by atoms with Crippen LogP contribution in [0.5, 0.6) is 0 Å². The zero-order valence-corrected chi connectivity index (χ0v) is 44.6. The second-order valence-electron chi connectivity index (χ2n) is 22.1. The van der Waals surface area contributed by atoms with Gasteiger partial charge >= 0.3 is 0 Å². The molecule has 0 aliphatic rings. The van der Waals surface area contributed by atoms with Gasteiger partial charge in [-0.3, -0.25) is 0 Å². The molecule has 3 nitrogen and oxygen atoms in total. The molecule has 0 atom stereocenters. The molecule has 4 heteroatoms. The van der Waals surface area contributed by atoms with Crippen LogP contribution >= 0.6 is 0 Å². The molecular formula is C78H48BN3. The van der Waals surface area contributed by atoms with Crippen molar-refractivity contribution in [1.82, 2.24) is 13.7 Å². The topological polar surface area (TPSA) is 14.8 Å². The highest BCUT2D eigenvalue weighted by atomic mass is 15.0. The summed E-state index contributed by atoms with van der Waals surface area (Å²) in [6.45, 7) is -0.314. The van der Waals surface area contributed by atoms with E-state index in [4.69, 9.17) is 0 Å². The van der Waals surface area contributed by atoms with E-state index in [9.17, 15) is 0 Å². The van der Waals surface area contributed by atoms with Gasteiger partial charge in [-0.15, -0.1) is 0 Å². The number of fused-ring (bicyclic) bond motifs is 15. The highest BCUT2D eigenvalue weighted by Gasteiger charge is 2.36. The second kappa shape index (κ2) is 17.4. The van der Waals surface area contributed by atoms with Gasteiger partial charge in [0.05, 0.1) is 50.2 Å². The predicted octanol–water partition coefficient (Wildman–Crippen LogP) is 18.4. The first-order valence-electron chi connectivity index (χ1n) is 28.6. The molecule has 18 aromatic rings. The van der Waals surface area contributed by atoms with Gasteiger partial charge in [-0.1, -0.05) is 271 Å². The summed E-state index contributed by atoms with van der Waals surface area (Å²) >= 11 is 0. The number of para-hydroxylation sites is 6. The van der Waals surface area contributed by atoms with Gasteiger partial charge in [-0.05, 0) is 68.7 Å². The number of nitrogens with zero attached hydrogens (tertiary/aromatic N) is 3. The van der Waals surface area contributed by atoms with E-state index in [0.717, 1.165) is 0 Å². The Morgan fingerprint density at radius 3 is 0.451 bits per heavy atom. The normalized spacial score (nSPS) is 12.1. The third-order valence-corrected chi connectivity index (χ3v) is 18.1. The second-order valence-corrected chi connectivity index (χ2v) is 22.1. The number of rotatable bonds is 6. The van der Waals surface area contributed by atoms with Crippen molar-refractivity contribution < 1.29 is 0 Å². The summed E-state index contributed by atoms with van der Waals surface area (Å²) in [7, 11) is 0. The van der Waals surface area contributed by atoms with Crippen molar-refractivity contribution in [2.45, 2.75) is 0 Å². The number of hydrogen-bond donors (Lipinski definition) is 0. The van der Waals surface area contributed by atoms with Gasteiger partial charge in [0, 0.05) is 64.6 Å². The van der Waals surface area contributed by atoms with E-state index < -0.39 is 0 Å². The Morgan fingerprint density at radius 1 is 0.146 bits per heavy atom. The van der Waals surface area contributed by atoms with Crippen LogP contribution in [0, 0.1) is 0 Å². The molecule has 0 aliphatic carbocycles. The predicted molar refractivity (Wildman–Crippen MR) is 352 cm³/mol. The van der Waals surface area contributed by atoms with Crippen LogP contribution < -0.4 is 16.4 Å². The molecule has 0 radical (unpaired) electrons. The largest absolute Gasteiger partial charge is 0.308 e. The molecule has 0 N–H and O–H groups in total. The first-order valence-corrected chi connectivity index (χ1v) is 28.6. The summed E-state index contributed by atoms with van der Waals surface area (Å²) in [6, 6.07) is 109. The van der Waals surface area contributed by atoms with Crippen LogP contribution in [0.2, 0.25) is 0 Å². The fourth-order valence-electron chi connectivity index (χ4n) is 15.0. The van der Waals surface area contributed by atoms with Crippen molar-refractivity contribution in [1.29, 1.82) is 0 Å².